The standard InChI is InChI=1S/C14H17F2NO3/c1-8(2)14(3,7-12(18)19)17-13(20)9-4-10(15)6-11(16)5-9/h4-6,8H,7H2,1-3H3,(H,17,20)(H,18,19). The zero-order valence-electron chi connectivity index (χ0n) is 11.5. The molecule has 2 N–H and O–H groups in total. The Kier molecular flexibility index (Phi) is 4.81. The molecule has 1 amide bonds. The Morgan fingerprint density at radius 1 is 1.25 bits per heavy atom. The highest BCUT2D eigenvalue weighted by atomic mass is 19.1. The van der Waals surface area contributed by atoms with Crippen molar-refractivity contribution in [2.75, 3.05) is 0 Å². The minimum atomic E-state index is -1.06. The fraction of sp³-hybridized carbons (Fsp3) is 0.429. The smallest absolute Gasteiger partial charge is 0.305 e. The number of carboxylic acids is 1. The Labute approximate surface area is 115 Å². The minimum Gasteiger partial charge on any atom is -0.481 e. The third-order valence-electron chi connectivity index (χ3n) is 3.32. The van der Waals surface area contributed by atoms with E-state index < -0.39 is 29.0 Å². The second-order valence-electron chi connectivity index (χ2n) is 5.25. The van der Waals surface area contributed by atoms with Crippen LogP contribution < -0.4 is 5.32 Å². The van der Waals surface area contributed by atoms with E-state index >= 15 is 0 Å². The van der Waals surface area contributed by atoms with Crippen LogP contribution in [0.4, 0.5) is 8.78 Å². The Morgan fingerprint density at radius 2 is 1.75 bits per heavy atom. The summed E-state index contributed by atoms with van der Waals surface area (Å²) < 4.78 is 26.2. The number of aliphatic carboxylic acids is 1. The van der Waals surface area contributed by atoms with Gasteiger partial charge in [0, 0.05) is 11.6 Å². The molecule has 1 rings (SSSR count). The lowest BCUT2D eigenvalue weighted by Crippen LogP contribution is -2.51. The lowest BCUT2D eigenvalue weighted by Gasteiger charge is -2.33. The van der Waals surface area contributed by atoms with Crippen LogP contribution in [0.1, 0.15) is 37.6 Å². The molecule has 1 unspecified atom stereocenters. The van der Waals surface area contributed by atoms with Crippen LogP contribution in [0.15, 0.2) is 18.2 Å². The molecule has 0 aliphatic rings. The summed E-state index contributed by atoms with van der Waals surface area (Å²) in [4.78, 5) is 22.9. The number of carboxylic acid groups (broad SMARTS) is 1. The molecule has 0 bridgehead atoms. The highest BCUT2D eigenvalue weighted by molar-refractivity contribution is 5.95. The summed E-state index contributed by atoms with van der Waals surface area (Å²) in [7, 11) is 0. The van der Waals surface area contributed by atoms with Crippen molar-refractivity contribution in [1.29, 1.82) is 0 Å². The topological polar surface area (TPSA) is 66.4 Å². The lowest BCUT2D eigenvalue weighted by molar-refractivity contribution is -0.138. The van der Waals surface area contributed by atoms with Crippen LogP contribution in [-0.2, 0) is 4.79 Å². The number of rotatable bonds is 5. The normalized spacial score (nSPS) is 13.9. The number of halogens is 2. The molecule has 0 aromatic heterocycles. The third kappa shape index (κ3) is 4.01. The van der Waals surface area contributed by atoms with Crippen molar-refractivity contribution in [3.8, 4) is 0 Å². The van der Waals surface area contributed by atoms with E-state index in [-0.39, 0.29) is 17.9 Å². The van der Waals surface area contributed by atoms with Crippen molar-refractivity contribution in [1.82, 2.24) is 5.32 Å². The first-order valence-electron chi connectivity index (χ1n) is 6.14. The molecule has 110 valence electrons. The van der Waals surface area contributed by atoms with Crippen molar-refractivity contribution in [2.24, 2.45) is 5.92 Å². The highest BCUT2D eigenvalue weighted by Crippen LogP contribution is 2.22. The monoisotopic (exact) mass is 285 g/mol. The van der Waals surface area contributed by atoms with Gasteiger partial charge in [-0.3, -0.25) is 9.59 Å². The van der Waals surface area contributed by atoms with E-state index in [4.69, 9.17) is 5.11 Å². The van der Waals surface area contributed by atoms with Crippen LogP contribution in [0.25, 0.3) is 0 Å². The SMILES string of the molecule is CC(C)C(C)(CC(=O)O)NC(=O)c1cc(F)cc(F)c1. The molecule has 1 atom stereocenters. The summed E-state index contributed by atoms with van der Waals surface area (Å²) in [6.45, 7) is 5.10. The van der Waals surface area contributed by atoms with Crippen LogP contribution in [-0.4, -0.2) is 22.5 Å². The van der Waals surface area contributed by atoms with Gasteiger partial charge < -0.3 is 10.4 Å². The van der Waals surface area contributed by atoms with Crippen molar-refractivity contribution in [3.63, 3.8) is 0 Å². The molecule has 0 saturated carbocycles. The third-order valence-corrected chi connectivity index (χ3v) is 3.32. The molecule has 0 saturated heterocycles. The molecule has 20 heavy (non-hydrogen) atoms. The Hall–Kier alpha value is -1.98. The highest BCUT2D eigenvalue weighted by Gasteiger charge is 2.33. The fourth-order valence-electron chi connectivity index (χ4n) is 1.72. The van der Waals surface area contributed by atoms with Crippen molar-refractivity contribution >= 4 is 11.9 Å². The summed E-state index contributed by atoms with van der Waals surface area (Å²) in [5, 5.41) is 11.4. The molecule has 0 aliphatic heterocycles. The molecule has 6 heteroatoms. The lowest BCUT2D eigenvalue weighted by atomic mass is 9.85. The predicted molar refractivity (Wildman–Crippen MR) is 69.3 cm³/mol. The van der Waals surface area contributed by atoms with Crippen LogP contribution >= 0.6 is 0 Å². The molecule has 0 radical (unpaired) electrons. The van der Waals surface area contributed by atoms with E-state index in [2.05, 4.69) is 5.32 Å². The van der Waals surface area contributed by atoms with Gasteiger partial charge in [0.1, 0.15) is 11.6 Å². The van der Waals surface area contributed by atoms with Gasteiger partial charge in [-0.15, -0.1) is 0 Å². The molecular formula is C14H17F2NO3. The molecule has 0 fully saturated rings. The van der Waals surface area contributed by atoms with Crippen LogP contribution in [0, 0.1) is 17.6 Å². The summed E-state index contributed by atoms with van der Waals surface area (Å²) in [6.07, 6.45) is -0.284. The van der Waals surface area contributed by atoms with Gasteiger partial charge in [0.05, 0.1) is 12.0 Å². The molecule has 1 aromatic rings. The maximum atomic E-state index is 13.1. The van der Waals surface area contributed by atoms with E-state index in [0.717, 1.165) is 12.1 Å². The van der Waals surface area contributed by atoms with E-state index in [0.29, 0.717) is 6.07 Å². The predicted octanol–water partition coefficient (Wildman–Crippen LogP) is 2.58. The van der Waals surface area contributed by atoms with Crippen molar-refractivity contribution in [2.45, 2.75) is 32.7 Å². The Balaban J connectivity index is 2.99. The molecule has 0 aliphatic carbocycles. The molecule has 1 aromatic carbocycles. The molecule has 0 spiro atoms. The van der Waals surface area contributed by atoms with Gasteiger partial charge in [0.25, 0.3) is 5.91 Å². The largest absolute Gasteiger partial charge is 0.481 e. The summed E-state index contributed by atoms with van der Waals surface area (Å²) >= 11 is 0. The number of carbonyl (C=O) groups excluding carboxylic acids is 1. The van der Waals surface area contributed by atoms with Gasteiger partial charge in [-0.2, -0.15) is 0 Å². The molecule has 4 nitrogen and oxygen atoms in total. The van der Waals surface area contributed by atoms with Crippen molar-refractivity contribution in [3.05, 3.63) is 35.4 Å². The Bertz CT molecular complexity index is 511. The van der Waals surface area contributed by atoms with E-state index in [1.165, 1.54) is 0 Å². The zero-order valence-corrected chi connectivity index (χ0v) is 11.5. The van der Waals surface area contributed by atoms with Gasteiger partial charge in [-0.05, 0) is 25.0 Å². The maximum absolute atomic E-state index is 13.1. The fourth-order valence-corrected chi connectivity index (χ4v) is 1.72. The summed E-state index contributed by atoms with van der Waals surface area (Å²) in [5.74, 6) is -3.66. The summed E-state index contributed by atoms with van der Waals surface area (Å²) in [6, 6.07) is 2.47. The molecule has 0 heterocycles. The summed E-state index contributed by atoms with van der Waals surface area (Å²) in [5.41, 5.74) is -1.19. The van der Waals surface area contributed by atoms with Gasteiger partial charge in [0.15, 0.2) is 0 Å². The average molecular weight is 285 g/mol. The number of carbonyl (C=O) groups is 2. The first kappa shape index (κ1) is 16.1. The minimum absolute atomic E-state index is 0.166. The number of hydrogen-bond acceptors (Lipinski definition) is 2. The number of nitrogens with one attached hydrogen (secondary N) is 1. The van der Waals surface area contributed by atoms with Crippen LogP contribution in [0.2, 0.25) is 0 Å². The van der Waals surface area contributed by atoms with Gasteiger partial charge in [0.2, 0.25) is 0 Å². The number of benzene rings is 1. The van der Waals surface area contributed by atoms with E-state index in [1.807, 2.05) is 0 Å². The Morgan fingerprint density at radius 3 is 2.15 bits per heavy atom. The van der Waals surface area contributed by atoms with Crippen molar-refractivity contribution < 1.29 is 23.5 Å². The first-order chi connectivity index (χ1) is 9.14. The van der Waals surface area contributed by atoms with Gasteiger partial charge in [-0.25, -0.2) is 8.78 Å². The maximum Gasteiger partial charge on any atom is 0.305 e. The number of amides is 1. The number of hydrogen-bond donors (Lipinski definition) is 2. The van der Waals surface area contributed by atoms with E-state index in [9.17, 15) is 18.4 Å². The quantitative estimate of drug-likeness (QED) is 0.873. The molecular weight excluding hydrogens is 268 g/mol. The van der Waals surface area contributed by atoms with Crippen LogP contribution in [0.3, 0.4) is 0 Å². The average Bonchev–Trinajstić information content (AvgIpc) is 2.25. The zero-order chi connectivity index (χ0) is 15.5. The van der Waals surface area contributed by atoms with Gasteiger partial charge >= 0.3 is 5.97 Å². The van der Waals surface area contributed by atoms with Crippen LogP contribution in [0.5, 0.6) is 0 Å². The second-order valence-corrected chi connectivity index (χ2v) is 5.25. The first-order valence-corrected chi connectivity index (χ1v) is 6.14. The van der Waals surface area contributed by atoms with E-state index in [1.54, 1.807) is 20.8 Å². The second kappa shape index (κ2) is 5.98. The van der Waals surface area contributed by atoms with Gasteiger partial charge in [-0.1, -0.05) is 13.8 Å².